The zero-order valence-electron chi connectivity index (χ0n) is 14.2. The van der Waals surface area contributed by atoms with Crippen LogP contribution in [0.2, 0.25) is 0 Å². The average molecular weight is 361 g/mol. The van der Waals surface area contributed by atoms with Gasteiger partial charge in [0.05, 0.1) is 20.1 Å². The molecule has 3 atom stereocenters. The number of methoxy groups -OCH3 is 1. The third-order valence-corrected chi connectivity index (χ3v) is 4.79. The van der Waals surface area contributed by atoms with E-state index in [0.29, 0.717) is 28.7 Å². The molecule has 0 heterocycles. The Balaban J connectivity index is 1.29. The van der Waals surface area contributed by atoms with Gasteiger partial charge in [-0.25, -0.2) is 0 Å². The highest BCUT2D eigenvalue weighted by Gasteiger charge is 2.35. The lowest BCUT2D eigenvalue weighted by Crippen LogP contribution is -2.50. The molecule has 1 aromatic rings. The summed E-state index contributed by atoms with van der Waals surface area (Å²) in [7, 11) is 1.61. The first-order valence-electron chi connectivity index (χ1n) is 8.44. The minimum atomic E-state index is -0.175. The molecular formula is C18H23N3O3S. The Kier molecular flexibility index (Phi) is 5.75. The molecule has 134 valence electrons. The number of hydrogen-bond acceptors (Lipinski definition) is 4. The minimum absolute atomic E-state index is 0.175. The van der Waals surface area contributed by atoms with E-state index < -0.39 is 0 Å². The molecule has 1 fully saturated rings. The van der Waals surface area contributed by atoms with Crippen molar-refractivity contribution in [2.24, 2.45) is 11.8 Å². The van der Waals surface area contributed by atoms with E-state index in [1.807, 2.05) is 12.1 Å². The number of thiocarbonyl (C=S) groups is 1. The fourth-order valence-electron chi connectivity index (χ4n) is 3.27. The SMILES string of the molecule is COc1ccc(OCCC(=O)NNC(=S)NC2CC3C=CC2C3)cc1. The van der Waals surface area contributed by atoms with Crippen LogP contribution >= 0.6 is 12.2 Å². The second kappa shape index (κ2) is 8.20. The zero-order chi connectivity index (χ0) is 17.6. The summed E-state index contributed by atoms with van der Waals surface area (Å²) in [6.45, 7) is 0.289. The average Bonchev–Trinajstić information content (AvgIpc) is 3.23. The lowest BCUT2D eigenvalue weighted by atomic mass is 10.0. The van der Waals surface area contributed by atoms with Gasteiger partial charge in [0.25, 0.3) is 0 Å². The third kappa shape index (κ3) is 4.85. The fourth-order valence-corrected chi connectivity index (χ4v) is 3.48. The Morgan fingerprint density at radius 1 is 1.16 bits per heavy atom. The van der Waals surface area contributed by atoms with Crippen LogP contribution in [-0.4, -0.2) is 30.8 Å². The van der Waals surface area contributed by atoms with Crippen molar-refractivity contribution in [1.82, 2.24) is 16.2 Å². The van der Waals surface area contributed by atoms with Crippen molar-refractivity contribution in [2.45, 2.75) is 25.3 Å². The van der Waals surface area contributed by atoms with E-state index in [4.69, 9.17) is 21.7 Å². The monoisotopic (exact) mass is 361 g/mol. The fraction of sp³-hybridized carbons (Fsp3) is 0.444. The third-order valence-electron chi connectivity index (χ3n) is 4.57. The van der Waals surface area contributed by atoms with Crippen LogP contribution in [0.3, 0.4) is 0 Å². The molecule has 2 aliphatic rings. The first-order valence-corrected chi connectivity index (χ1v) is 8.85. The summed E-state index contributed by atoms with van der Waals surface area (Å²) < 4.78 is 10.6. The summed E-state index contributed by atoms with van der Waals surface area (Å²) >= 11 is 5.23. The first kappa shape index (κ1) is 17.5. The van der Waals surface area contributed by atoms with Crippen LogP contribution in [0.4, 0.5) is 0 Å². The van der Waals surface area contributed by atoms with Gasteiger partial charge in [-0.05, 0) is 61.2 Å². The van der Waals surface area contributed by atoms with Crippen LogP contribution in [0.15, 0.2) is 36.4 Å². The van der Waals surface area contributed by atoms with E-state index in [1.54, 1.807) is 19.2 Å². The van der Waals surface area contributed by atoms with E-state index >= 15 is 0 Å². The van der Waals surface area contributed by atoms with Crippen molar-refractivity contribution in [3.63, 3.8) is 0 Å². The first-order chi connectivity index (χ1) is 12.1. The summed E-state index contributed by atoms with van der Waals surface area (Å²) in [6, 6.07) is 7.60. The van der Waals surface area contributed by atoms with Crippen molar-refractivity contribution in [1.29, 1.82) is 0 Å². The molecule has 2 bridgehead atoms. The number of ether oxygens (including phenoxy) is 2. The maximum atomic E-state index is 11.8. The molecule has 3 unspecified atom stereocenters. The van der Waals surface area contributed by atoms with E-state index in [9.17, 15) is 4.79 Å². The minimum Gasteiger partial charge on any atom is -0.497 e. The second-order valence-electron chi connectivity index (χ2n) is 6.31. The lowest BCUT2D eigenvalue weighted by Gasteiger charge is -2.22. The molecule has 0 aliphatic heterocycles. The number of hydrazine groups is 1. The van der Waals surface area contributed by atoms with Gasteiger partial charge in [0, 0.05) is 6.04 Å². The predicted octanol–water partition coefficient (Wildman–Crippen LogP) is 1.92. The summed E-state index contributed by atoms with van der Waals surface area (Å²) in [5.41, 5.74) is 5.35. The number of allylic oxidation sites excluding steroid dienone is 1. The molecule has 1 saturated carbocycles. The normalized spacial score (nSPS) is 23.2. The maximum absolute atomic E-state index is 11.8. The van der Waals surface area contributed by atoms with Gasteiger partial charge >= 0.3 is 0 Å². The molecule has 1 aromatic carbocycles. The number of amides is 1. The van der Waals surface area contributed by atoms with E-state index in [1.165, 1.54) is 6.42 Å². The summed E-state index contributed by atoms with van der Waals surface area (Å²) in [6.07, 6.45) is 7.08. The highest BCUT2D eigenvalue weighted by Crippen LogP contribution is 2.38. The Bertz CT molecular complexity index is 647. The Labute approximate surface area is 152 Å². The van der Waals surface area contributed by atoms with E-state index in [2.05, 4.69) is 28.3 Å². The highest BCUT2D eigenvalue weighted by atomic mass is 32.1. The summed E-state index contributed by atoms with van der Waals surface area (Å²) in [5, 5.41) is 3.72. The van der Waals surface area contributed by atoms with Gasteiger partial charge in [0.2, 0.25) is 5.91 Å². The number of carbonyl (C=O) groups excluding carboxylic acids is 1. The number of nitrogens with one attached hydrogen (secondary N) is 3. The van der Waals surface area contributed by atoms with Gasteiger partial charge in [-0.1, -0.05) is 12.2 Å². The number of fused-ring (bicyclic) bond motifs is 2. The Hall–Kier alpha value is -2.28. The lowest BCUT2D eigenvalue weighted by molar-refractivity contribution is -0.122. The maximum Gasteiger partial charge on any atom is 0.241 e. The quantitative estimate of drug-likeness (QED) is 0.409. The van der Waals surface area contributed by atoms with Crippen molar-refractivity contribution in [3.05, 3.63) is 36.4 Å². The van der Waals surface area contributed by atoms with Gasteiger partial charge < -0.3 is 14.8 Å². The molecule has 25 heavy (non-hydrogen) atoms. The second-order valence-corrected chi connectivity index (χ2v) is 6.72. The van der Waals surface area contributed by atoms with Crippen LogP contribution < -0.4 is 25.6 Å². The Morgan fingerprint density at radius 2 is 1.92 bits per heavy atom. The topological polar surface area (TPSA) is 71.6 Å². The van der Waals surface area contributed by atoms with Gasteiger partial charge in [0.15, 0.2) is 5.11 Å². The molecule has 2 aliphatic carbocycles. The Morgan fingerprint density at radius 3 is 2.56 bits per heavy atom. The number of rotatable bonds is 6. The van der Waals surface area contributed by atoms with Crippen molar-refractivity contribution in [3.8, 4) is 11.5 Å². The highest BCUT2D eigenvalue weighted by molar-refractivity contribution is 7.80. The molecule has 3 rings (SSSR count). The number of hydrogen-bond donors (Lipinski definition) is 3. The molecule has 1 amide bonds. The van der Waals surface area contributed by atoms with Crippen LogP contribution in [0.5, 0.6) is 11.5 Å². The van der Waals surface area contributed by atoms with Gasteiger partial charge in [-0.2, -0.15) is 0 Å². The van der Waals surface area contributed by atoms with Gasteiger partial charge in [-0.15, -0.1) is 0 Å². The van der Waals surface area contributed by atoms with Crippen LogP contribution in [0.1, 0.15) is 19.3 Å². The summed E-state index contributed by atoms with van der Waals surface area (Å²) in [5.74, 6) is 2.52. The molecule has 0 aromatic heterocycles. The van der Waals surface area contributed by atoms with Gasteiger partial charge in [0.1, 0.15) is 11.5 Å². The molecule has 0 saturated heterocycles. The van der Waals surface area contributed by atoms with Crippen LogP contribution in [0.25, 0.3) is 0 Å². The molecule has 7 heteroatoms. The largest absolute Gasteiger partial charge is 0.497 e. The molecular weight excluding hydrogens is 338 g/mol. The standard InChI is InChI=1S/C18H23N3O3S/c1-23-14-4-6-15(7-5-14)24-9-8-17(22)20-21-18(25)19-16-11-12-2-3-13(16)10-12/h2-7,12-13,16H,8-11H2,1H3,(H,20,22)(H2,19,21,25). The number of carbonyl (C=O) groups is 1. The zero-order valence-corrected chi connectivity index (χ0v) is 15.0. The number of benzene rings is 1. The smallest absolute Gasteiger partial charge is 0.241 e. The molecule has 3 N–H and O–H groups in total. The van der Waals surface area contributed by atoms with Crippen LogP contribution in [0, 0.1) is 11.8 Å². The van der Waals surface area contributed by atoms with Gasteiger partial charge in [-0.3, -0.25) is 15.6 Å². The molecule has 0 radical (unpaired) electrons. The molecule has 6 nitrogen and oxygen atoms in total. The van der Waals surface area contributed by atoms with E-state index in [0.717, 1.165) is 12.2 Å². The summed E-state index contributed by atoms with van der Waals surface area (Å²) in [4.78, 5) is 11.8. The van der Waals surface area contributed by atoms with Crippen molar-refractivity contribution >= 4 is 23.2 Å². The molecule has 0 spiro atoms. The van der Waals surface area contributed by atoms with Crippen LogP contribution in [-0.2, 0) is 4.79 Å². The van der Waals surface area contributed by atoms with Crippen molar-refractivity contribution < 1.29 is 14.3 Å². The predicted molar refractivity (Wildman–Crippen MR) is 99.3 cm³/mol. The van der Waals surface area contributed by atoms with Crippen molar-refractivity contribution in [2.75, 3.05) is 13.7 Å². The van der Waals surface area contributed by atoms with E-state index in [-0.39, 0.29) is 18.9 Å².